The number of carbonyl (C=O) groups is 2. The smallest absolute Gasteiger partial charge is 0.416 e. The number of carboxylic acids is 1. The standard InChI is InChI=1S/C27H27F3N2O5/c1-3-22(32-26(36)31-15-17-6-4-5-7-23(17)33)20-14-18(27(28,29)30)9-10-19(20)21-12-16(13-25(34)35)8-11-24(21)37-2/h4-12,14,22,33H,3,13,15H2,1-2H3,(H,34,35)(H2,31,32,36). The summed E-state index contributed by atoms with van der Waals surface area (Å²) in [5, 5.41) is 24.4. The van der Waals surface area contributed by atoms with Crippen LogP contribution in [0.3, 0.4) is 0 Å². The van der Waals surface area contributed by atoms with Crippen molar-refractivity contribution in [1.29, 1.82) is 0 Å². The first-order chi connectivity index (χ1) is 17.5. The zero-order valence-corrected chi connectivity index (χ0v) is 20.2. The molecule has 3 rings (SSSR count). The minimum Gasteiger partial charge on any atom is -0.508 e. The summed E-state index contributed by atoms with van der Waals surface area (Å²) in [7, 11) is 1.40. The molecule has 0 heterocycles. The highest BCUT2D eigenvalue weighted by Gasteiger charge is 2.32. The van der Waals surface area contributed by atoms with Crippen LogP contribution in [0.15, 0.2) is 60.7 Å². The summed E-state index contributed by atoms with van der Waals surface area (Å²) in [4.78, 5) is 23.9. The quantitative estimate of drug-likeness (QED) is 0.293. The van der Waals surface area contributed by atoms with E-state index in [1.165, 1.54) is 19.2 Å². The van der Waals surface area contributed by atoms with Crippen LogP contribution in [-0.2, 0) is 23.9 Å². The molecule has 0 aliphatic heterocycles. The van der Waals surface area contributed by atoms with Gasteiger partial charge in [0.05, 0.1) is 25.1 Å². The molecule has 0 aliphatic carbocycles. The third-order valence-corrected chi connectivity index (χ3v) is 5.81. The molecule has 0 fully saturated rings. The molecule has 1 atom stereocenters. The second-order valence-electron chi connectivity index (χ2n) is 8.32. The lowest BCUT2D eigenvalue weighted by Gasteiger charge is -2.24. The lowest BCUT2D eigenvalue weighted by molar-refractivity contribution is -0.138. The van der Waals surface area contributed by atoms with Crippen molar-refractivity contribution in [2.45, 2.75) is 38.5 Å². The van der Waals surface area contributed by atoms with Crippen molar-refractivity contribution in [3.63, 3.8) is 0 Å². The summed E-state index contributed by atoms with van der Waals surface area (Å²) < 4.78 is 46.3. The normalized spacial score (nSPS) is 12.0. The molecule has 3 aromatic rings. The Morgan fingerprint density at radius 3 is 2.38 bits per heavy atom. The zero-order chi connectivity index (χ0) is 27.2. The zero-order valence-electron chi connectivity index (χ0n) is 20.2. The van der Waals surface area contributed by atoms with Gasteiger partial charge in [-0.3, -0.25) is 4.79 Å². The van der Waals surface area contributed by atoms with Crippen LogP contribution < -0.4 is 15.4 Å². The fraction of sp³-hybridized carbons (Fsp3) is 0.259. The third kappa shape index (κ3) is 6.93. The highest BCUT2D eigenvalue weighted by molar-refractivity contribution is 5.79. The molecule has 0 spiro atoms. The lowest BCUT2D eigenvalue weighted by atomic mass is 9.90. The number of methoxy groups -OCH3 is 1. The fourth-order valence-corrected chi connectivity index (χ4v) is 3.97. The maximum absolute atomic E-state index is 13.6. The van der Waals surface area contributed by atoms with Crippen LogP contribution in [0.1, 0.15) is 41.6 Å². The number of alkyl halides is 3. The van der Waals surface area contributed by atoms with Gasteiger partial charge in [-0.25, -0.2) is 4.79 Å². The first-order valence-corrected chi connectivity index (χ1v) is 11.4. The molecule has 2 amide bonds. The second kappa shape index (κ2) is 11.7. The molecule has 0 radical (unpaired) electrons. The number of halogens is 3. The molecule has 0 saturated heterocycles. The summed E-state index contributed by atoms with van der Waals surface area (Å²) in [5.74, 6) is -0.713. The van der Waals surface area contributed by atoms with Gasteiger partial charge in [-0.15, -0.1) is 0 Å². The van der Waals surface area contributed by atoms with Crippen LogP contribution in [0.5, 0.6) is 11.5 Å². The Morgan fingerprint density at radius 1 is 1.03 bits per heavy atom. The van der Waals surface area contributed by atoms with Crippen molar-refractivity contribution >= 4 is 12.0 Å². The number of urea groups is 1. The molecule has 4 N–H and O–H groups in total. The molecule has 0 aromatic heterocycles. The molecular weight excluding hydrogens is 489 g/mol. The van der Waals surface area contributed by atoms with E-state index in [-0.39, 0.29) is 30.7 Å². The lowest BCUT2D eigenvalue weighted by Crippen LogP contribution is -2.37. The number of rotatable bonds is 9. The minimum atomic E-state index is -4.62. The Bertz CT molecular complexity index is 1280. The van der Waals surface area contributed by atoms with Crippen molar-refractivity contribution < 1.29 is 37.7 Å². The number of phenolic OH excluding ortho intramolecular Hbond substituents is 1. The van der Waals surface area contributed by atoms with E-state index in [0.717, 1.165) is 12.1 Å². The van der Waals surface area contributed by atoms with Gasteiger partial charge in [-0.05, 0) is 53.4 Å². The van der Waals surface area contributed by atoms with E-state index in [2.05, 4.69) is 10.6 Å². The summed E-state index contributed by atoms with van der Waals surface area (Å²) in [5.41, 5.74) is 0.994. The molecule has 0 saturated carbocycles. The van der Waals surface area contributed by atoms with Crippen molar-refractivity contribution in [2.75, 3.05) is 7.11 Å². The van der Waals surface area contributed by atoms with E-state index in [1.54, 1.807) is 43.3 Å². The number of aromatic hydroxyl groups is 1. The van der Waals surface area contributed by atoms with Gasteiger partial charge in [0.15, 0.2) is 0 Å². The number of nitrogens with one attached hydrogen (secondary N) is 2. The van der Waals surface area contributed by atoms with Gasteiger partial charge >= 0.3 is 18.2 Å². The molecule has 37 heavy (non-hydrogen) atoms. The predicted octanol–water partition coefficient (Wildman–Crippen LogP) is 5.66. The monoisotopic (exact) mass is 516 g/mol. The third-order valence-electron chi connectivity index (χ3n) is 5.81. The number of ether oxygens (including phenoxy) is 1. The number of amides is 2. The Balaban J connectivity index is 2.01. The van der Waals surface area contributed by atoms with Crippen LogP contribution in [-0.4, -0.2) is 29.3 Å². The number of aliphatic carboxylic acids is 1. The van der Waals surface area contributed by atoms with Gasteiger partial charge in [-0.2, -0.15) is 13.2 Å². The Hall–Kier alpha value is -4.21. The van der Waals surface area contributed by atoms with Gasteiger partial charge < -0.3 is 25.6 Å². The first kappa shape index (κ1) is 27.4. The first-order valence-electron chi connectivity index (χ1n) is 11.4. The topological polar surface area (TPSA) is 108 Å². The van der Waals surface area contributed by atoms with Crippen molar-refractivity contribution in [3.05, 3.63) is 82.9 Å². The van der Waals surface area contributed by atoms with Crippen LogP contribution in [0, 0.1) is 0 Å². The number of para-hydroxylation sites is 1. The van der Waals surface area contributed by atoms with Crippen molar-refractivity contribution in [3.8, 4) is 22.6 Å². The van der Waals surface area contributed by atoms with Crippen LogP contribution in [0.2, 0.25) is 0 Å². The van der Waals surface area contributed by atoms with E-state index < -0.39 is 29.8 Å². The minimum absolute atomic E-state index is 0.00310. The fourth-order valence-electron chi connectivity index (χ4n) is 3.97. The average molecular weight is 517 g/mol. The number of hydrogen-bond donors (Lipinski definition) is 4. The summed E-state index contributed by atoms with van der Waals surface area (Å²) in [6.07, 6.45) is -4.64. The van der Waals surface area contributed by atoms with Gasteiger partial charge in [0.2, 0.25) is 0 Å². The van der Waals surface area contributed by atoms with E-state index in [9.17, 15) is 33.0 Å². The summed E-state index contributed by atoms with van der Waals surface area (Å²) in [6.45, 7) is 1.73. The highest BCUT2D eigenvalue weighted by atomic mass is 19.4. The summed E-state index contributed by atoms with van der Waals surface area (Å²) in [6, 6.07) is 12.9. The molecule has 3 aromatic carbocycles. The van der Waals surface area contributed by atoms with E-state index in [1.807, 2.05) is 0 Å². The summed E-state index contributed by atoms with van der Waals surface area (Å²) >= 11 is 0. The number of carboxylic acid groups (broad SMARTS) is 1. The van der Waals surface area contributed by atoms with Crippen LogP contribution in [0.25, 0.3) is 11.1 Å². The predicted molar refractivity (Wildman–Crippen MR) is 131 cm³/mol. The molecule has 7 nitrogen and oxygen atoms in total. The molecule has 0 bridgehead atoms. The van der Waals surface area contributed by atoms with Gasteiger partial charge in [0.1, 0.15) is 11.5 Å². The highest BCUT2D eigenvalue weighted by Crippen LogP contribution is 2.40. The van der Waals surface area contributed by atoms with Gasteiger partial charge in [-0.1, -0.05) is 37.3 Å². The number of phenols is 1. The largest absolute Gasteiger partial charge is 0.508 e. The molecule has 10 heteroatoms. The Morgan fingerprint density at radius 2 is 1.76 bits per heavy atom. The van der Waals surface area contributed by atoms with Crippen LogP contribution >= 0.6 is 0 Å². The molecular formula is C27H27F3N2O5. The van der Waals surface area contributed by atoms with Gasteiger partial charge in [0.25, 0.3) is 0 Å². The molecule has 0 aliphatic rings. The maximum Gasteiger partial charge on any atom is 0.416 e. The number of carbonyl (C=O) groups excluding carboxylic acids is 1. The average Bonchev–Trinajstić information content (AvgIpc) is 2.85. The number of benzene rings is 3. The van der Waals surface area contributed by atoms with E-state index in [0.29, 0.717) is 28.0 Å². The van der Waals surface area contributed by atoms with Gasteiger partial charge in [0, 0.05) is 17.7 Å². The van der Waals surface area contributed by atoms with E-state index >= 15 is 0 Å². The maximum atomic E-state index is 13.6. The van der Waals surface area contributed by atoms with Crippen molar-refractivity contribution in [1.82, 2.24) is 10.6 Å². The molecule has 1 unspecified atom stereocenters. The van der Waals surface area contributed by atoms with E-state index in [4.69, 9.17) is 4.74 Å². The Labute approximate surface area is 211 Å². The number of hydrogen-bond acceptors (Lipinski definition) is 4. The van der Waals surface area contributed by atoms with Crippen molar-refractivity contribution in [2.24, 2.45) is 0 Å². The van der Waals surface area contributed by atoms with Crippen LogP contribution in [0.4, 0.5) is 18.0 Å². The SMILES string of the molecule is CCC(NC(=O)NCc1ccccc1O)c1cc(C(F)(F)F)ccc1-c1cc(CC(=O)O)ccc1OC. The second-order valence-corrected chi connectivity index (χ2v) is 8.32. The molecule has 196 valence electrons. The Kier molecular flexibility index (Phi) is 8.65.